The molecule has 0 atom stereocenters. The quantitative estimate of drug-likeness (QED) is 0.757. The molecule has 0 amide bonds. The van der Waals surface area contributed by atoms with Crippen molar-refractivity contribution in [2.45, 2.75) is 34.2 Å². The van der Waals surface area contributed by atoms with E-state index >= 15 is 0 Å². The number of anilines is 1. The first-order valence-corrected chi connectivity index (χ1v) is 7.21. The van der Waals surface area contributed by atoms with Gasteiger partial charge in [0.1, 0.15) is 5.52 Å². The van der Waals surface area contributed by atoms with Crippen LogP contribution in [0.2, 0.25) is 0 Å². The lowest BCUT2D eigenvalue weighted by molar-refractivity contribution is 0.561. The van der Waals surface area contributed by atoms with E-state index in [1.165, 1.54) is 22.3 Å². The summed E-state index contributed by atoms with van der Waals surface area (Å²) < 4.78 is 5.50. The van der Waals surface area contributed by atoms with Crippen LogP contribution >= 0.6 is 0 Å². The van der Waals surface area contributed by atoms with E-state index < -0.39 is 0 Å². The van der Waals surface area contributed by atoms with E-state index in [1.807, 2.05) is 25.1 Å². The van der Waals surface area contributed by atoms with Gasteiger partial charge in [0, 0.05) is 19.2 Å². The van der Waals surface area contributed by atoms with E-state index in [0.29, 0.717) is 5.89 Å². The number of hydrogen-bond donors (Lipinski definition) is 1. The van der Waals surface area contributed by atoms with Gasteiger partial charge < -0.3 is 9.73 Å². The Hall–Kier alpha value is -2.29. The lowest BCUT2D eigenvalue weighted by atomic mass is 10.00. The van der Waals surface area contributed by atoms with Crippen molar-refractivity contribution >= 4 is 16.8 Å². The van der Waals surface area contributed by atoms with Gasteiger partial charge in [-0.1, -0.05) is 17.7 Å². The predicted molar refractivity (Wildman–Crippen MR) is 86.7 cm³/mol. The van der Waals surface area contributed by atoms with E-state index in [0.717, 1.165) is 23.3 Å². The van der Waals surface area contributed by atoms with E-state index in [1.54, 1.807) is 0 Å². The first-order chi connectivity index (χ1) is 10.0. The number of aromatic nitrogens is 1. The lowest BCUT2D eigenvalue weighted by Crippen LogP contribution is -2.04. The predicted octanol–water partition coefficient (Wildman–Crippen LogP) is 4.67. The topological polar surface area (TPSA) is 38.1 Å². The van der Waals surface area contributed by atoms with Crippen LogP contribution in [-0.4, -0.2) is 4.98 Å². The third-order valence-electron chi connectivity index (χ3n) is 3.80. The molecule has 0 radical (unpaired) electrons. The third kappa shape index (κ3) is 2.77. The smallest absolute Gasteiger partial charge is 0.192 e. The average molecular weight is 280 g/mol. The van der Waals surface area contributed by atoms with Crippen molar-refractivity contribution in [1.82, 2.24) is 4.98 Å². The summed E-state index contributed by atoms with van der Waals surface area (Å²) in [7, 11) is 0. The Kier molecular flexibility index (Phi) is 3.42. The summed E-state index contributed by atoms with van der Waals surface area (Å²) in [4.78, 5) is 4.37. The molecular formula is C18H20N2O. The molecule has 2 aromatic carbocycles. The van der Waals surface area contributed by atoms with Crippen molar-refractivity contribution in [2.75, 3.05) is 5.32 Å². The second-order valence-electron chi connectivity index (χ2n) is 5.65. The first-order valence-electron chi connectivity index (χ1n) is 7.21. The summed E-state index contributed by atoms with van der Waals surface area (Å²) in [6.45, 7) is 9.16. The second-order valence-corrected chi connectivity index (χ2v) is 5.65. The molecule has 3 rings (SSSR count). The molecule has 3 nitrogen and oxygen atoms in total. The molecule has 1 N–H and O–H groups in total. The van der Waals surface area contributed by atoms with Gasteiger partial charge in [-0.2, -0.15) is 0 Å². The van der Waals surface area contributed by atoms with Gasteiger partial charge in [0.05, 0.1) is 0 Å². The maximum Gasteiger partial charge on any atom is 0.192 e. The van der Waals surface area contributed by atoms with Gasteiger partial charge in [0.15, 0.2) is 11.5 Å². The Bertz CT molecular complexity index is 779. The molecule has 21 heavy (non-hydrogen) atoms. The monoisotopic (exact) mass is 280 g/mol. The molecule has 0 fully saturated rings. The average Bonchev–Trinajstić information content (AvgIpc) is 2.76. The summed E-state index contributed by atoms with van der Waals surface area (Å²) >= 11 is 0. The van der Waals surface area contributed by atoms with E-state index in [9.17, 15) is 0 Å². The minimum absolute atomic E-state index is 0.701. The molecule has 3 heteroatoms. The van der Waals surface area contributed by atoms with Crippen LogP contribution in [0.3, 0.4) is 0 Å². The fourth-order valence-electron chi connectivity index (χ4n) is 2.83. The van der Waals surface area contributed by atoms with E-state index in [-0.39, 0.29) is 0 Å². The number of oxazole rings is 1. The second kappa shape index (κ2) is 5.24. The molecule has 1 heterocycles. The Morgan fingerprint density at radius 2 is 1.71 bits per heavy atom. The molecule has 0 saturated carbocycles. The SMILES string of the molecule is Cc1cc(C)c(CNc2ccc3oc(C)nc3c2)c(C)c1. The van der Waals surface area contributed by atoms with E-state index in [4.69, 9.17) is 4.42 Å². The van der Waals surface area contributed by atoms with Crippen LogP contribution in [0.5, 0.6) is 0 Å². The summed E-state index contributed by atoms with van der Waals surface area (Å²) in [5.41, 5.74) is 8.13. The number of nitrogens with zero attached hydrogens (tertiary/aromatic N) is 1. The highest BCUT2D eigenvalue weighted by Crippen LogP contribution is 2.22. The number of benzene rings is 2. The van der Waals surface area contributed by atoms with Crippen molar-refractivity contribution in [1.29, 1.82) is 0 Å². The molecule has 1 aromatic heterocycles. The van der Waals surface area contributed by atoms with Crippen LogP contribution in [0.4, 0.5) is 5.69 Å². The van der Waals surface area contributed by atoms with Crippen molar-refractivity contribution in [3.8, 4) is 0 Å². The minimum Gasteiger partial charge on any atom is -0.441 e. The standard InChI is InChI=1S/C18H20N2O/c1-11-7-12(2)16(13(3)8-11)10-19-15-5-6-18-17(9-15)20-14(4)21-18/h5-9,19H,10H2,1-4H3. The molecule has 0 saturated heterocycles. The highest BCUT2D eigenvalue weighted by molar-refractivity contribution is 5.77. The van der Waals surface area contributed by atoms with Crippen molar-refractivity contribution < 1.29 is 4.42 Å². The maximum absolute atomic E-state index is 5.50. The Balaban J connectivity index is 1.83. The van der Waals surface area contributed by atoms with Gasteiger partial charge >= 0.3 is 0 Å². The number of fused-ring (bicyclic) bond motifs is 1. The number of hydrogen-bond acceptors (Lipinski definition) is 3. The van der Waals surface area contributed by atoms with Gasteiger partial charge in [-0.3, -0.25) is 0 Å². The van der Waals surface area contributed by atoms with Gasteiger partial charge in [-0.05, 0) is 55.7 Å². The summed E-state index contributed by atoms with van der Waals surface area (Å²) in [5, 5.41) is 3.48. The summed E-state index contributed by atoms with van der Waals surface area (Å²) in [6, 6.07) is 10.5. The van der Waals surface area contributed by atoms with Crippen LogP contribution in [-0.2, 0) is 6.54 Å². The summed E-state index contributed by atoms with van der Waals surface area (Å²) in [6.07, 6.45) is 0. The highest BCUT2D eigenvalue weighted by atomic mass is 16.3. The lowest BCUT2D eigenvalue weighted by Gasteiger charge is -2.13. The number of rotatable bonds is 3. The molecule has 0 aliphatic carbocycles. The first kappa shape index (κ1) is 13.7. The molecule has 0 bridgehead atoms. The molecule has 0 unspecified atom stereocenters. The zero-order chi connectivity index (χ0) is 15.0. The van der Waals surface area contributed by atoms with Crippen LogP contribution in [0, 0.1) is 27.7 Å². The van der Waals surface area contributed by atoms with E-state index in [2.05, 4.69) is 43.2 Å². The van der Waals surface area contributed by atoms with Crippen molar-refractivity contribution in [3.05, 3.63) is 58.5 Å². The van der Waals surface area contributed by atoms with Crippen LogP contribution in [0.25, 0.3) is 11.1 Å². The fraction of sp³-hybridized carbons (Fsp3) is 0.278. The normalized spacial score (nSPS) is 11.0. The molecule has 0 spiro atoms. The summed E-state index contributed by atoms with van der Waals surface area (Å²) in [5.74, 6) is 0.701. The maximum atomic E-state index is 5.50. The van der Waals surface area contributed by atoms with Crippen molar-refractivity contribution in [3.63, 3.8) is 0 Å². The Morgan fingerprint density at radius 1 is 1.00 bits per heavy atom. The zero-order valence-electron chi connectivity index (χ0n) is 12.9. The third-order valence-corrected chi connectivity index (χ3v) is 3.80. The van der Waals surface area contributed by atoms with Crippen LogP contribution < -0.4 is 5.32 Å². The van der Waals surface area contributed by atoms with Crippen LogP contribution in [0.15, 0.2) is 34.7 Å². The zero-order valence-corrected chi connectivity index (χ0v) is 12.9. The molecular weight excluding hydrogens is 260 g/mol. The Morgan fingerprint density at radius 3 is 2.43 bits per heavy atom. The van der Waals surface area contributed by atoms with Crippen LogP contribution in [0.1, 0.15) is 28.1 Å². The van der Waals surface area contributed by atoms with Crippen molar-refractivity contribution in [2.24, 2.45) is 0 Å². The van der Waals surface area contributed by atoms with Gasteiger partial charge in [0.2, 0.25) is 0 Å². The van der Waals surface area contributed by atoms with Gasteiger partial charge in [-0.15, -0.1) is 0 Å². The number of aryl methyl sites for hydroxylation is 4. The molecule has 3 aromatic rings. The highest BCUT2D eigenvalue weighted by Gasteiger charge is 2.06. The largest absolute Gasteiger partial charge is 0.441 e. The molecule has 0 aliphatic heterocycles. The van der Waals surface area contributed by atoms with Gasteiger partial charge in [-0.25, -0.2) is 4.98 Å². The minimum atomic E-state index is 0.701. The molecule has 0 aliphatic rings. The number of nitrogens with one attached hydrogen (secondary N) is 1. The fourth-order valence-corrected chi connectivity index (χ4v) is 2.83. The Labute approximate surface area is 125 Å². The van der Waals surface area contributed by atoms with Gasteiger partial charge in [0.25, 0.3) is 0 Å². The molecule has 108 valence electrons.